The number of benzene rings is 1. The molecular weight excluding hydrogens is 307 g/mol. The predicted molar refractivity (Wildman–Crippen MR) is 82.1 cm³/mol. The van der Waals surface area contributed by atoms with E-state index >= 15 is 0 Å². The number of rotatable bonds is 2. The largest absolute Gasteiger partial charge is 0.438 e. The first kappa shape index (κ1) is 14.2. The highest BCUT2D eigenvalue weighted by molar-refractivity contribution is 6.34. The molecule has 0 unspecified atom stereocenters. The predicted octanol–water partition coefficient (Wildman–Crippen LogP) is 4.93. The summed E-state index contributed by atoms with van der Waals surface area (Å²) in [6.45, 7) is 0. The van der Waals surface area contributed by atoms with Crippen molar-refractivity contribution in [1.82, 2.24) is 4.98 Å². The third-order valence-corrected chi connectivity index (χ3v) is 3.87. The summed E-state index contributed by atoms with van der Waals surface area (Å²) in [5, 5.41) is 10.2. The van der Waals surface area contributed by atoms with E-state index in [1.165, 1.54) is 0 Å². The Hall–Kier alpha value is -1.76. The second kappa shape index (κ2) is 5.93. The summed E-state index contributed by atoms with van der Waals surface area (Å²) >= 11 is 11.9. The van der Waals surface area contributed by atoms with E-state index in [1.54, 1.807) is 18.2 Å². The Kier molecular flexibility index (Phi) is 4.01. The van der Waals surface area contributed by atoms with Crippen LogP contribution in [-0.4, -0.2) is 4.98 Å². The zero-order valence-electron chi connectivity index (χ0n) is 11.2. The van der Waals surface area contributed by atoms with Crippen LogP contribution in [0.4, 0.5) is 0 Å². The second-order valence-corrected chi connectivity index (χ2v) is 5.85. The van der Waals surface area contributed by atoms with E-state index in [-0.39, 0.29) is 0 Å². The van der Waals surface area contributed by atoms with Crippen molar-refractivity contribution < 1.29 is 4.74 Å². The maximum Gasteiger partial charge on any atom is 0.237 e. The molecule has 21 heavy (non-hydrogen) atoms. The van der Waals surface area contributed by atoms with Gasteiger partial charge in [-0.1, -0.05) is 23.2 Å². The third kappa shape index (κ3) is 3.12. The van der Waals surface area contributed by atoms with Crippen molar-refractivity contribution in [3.63, 3.8) is 0 Å². The van der Waals surface area contributed by atoms with Crippen molar-refractivity contribution in [2.45, 2.75) is 25.7 Å². The first-order valence-corrected chi connectivity index (χ1v) is 7.48. The first-order valence-electron chi connectivity index (χ1n) is 6.72. The topological polar surface area (TPSA) is 45.9 Å². The van der Waals surface area contributed by atoms with E-state index in [1.807, 2.05) is 6.07 Å². The van der Waals surface area contributed by atoms with Gasteiger partial charge in [0, 0.05) is 15.7 Å². The highest BCUT2D eigenvalue weighted by Gasteiger charge is 2.16. The maximum atomic E-state index is 9.29. The normalized spacial score (nSPS) is 13.4. The molecule has 3 nitrogen and oxygen atoms in total. The molecule has 0 amide bonds. The minimum atomic E-state index is 0.316. The van der Waals surface area contributed by atoms with Crippen LogP contribution in [0, 0.1) is 11.3 Å². The zero-order chi connectivity index (χ0) is 14.8. The van der Waals surface area contributed by atoms with Crippen molar-refractivity contribution in [3.05, 3.63) is 51.1 Å². The van der Waals surface area contributed by atoms with E-state index in [0.29, 0.717) is 27.2 Å². The van der Waals surface area contributed by atoms with Gasteiger partial charge in [-0.3, -0.25) is 0 Å². The second-order valence-electron chi connectivity index (χ2n) is 4.97. The van der Waals surface area contributed by atoms with Gasteiger partial charge in [-0.25, -0.2) is 4.98 Å². The summed E-state index contributed by atoms with van der Waals surface area (Å²) in [6, 6.07) is 8.94. The number of hydrogen-bond acceptors (Lipinski definition) is 3. The van der Waals surface area contributed by atoms with Gasteiger partial charge >= 0.3 is 0 Å². The molecule has 0 aliphatic heterocycles. The van der Waals surface area contributed by atoms with Crippen LogP contribution in [0.1, 0.15) is 29.7 Å². The van der Waals surface area contributed by atoms with Gasteiger partial charge in [0.1, 0.15) is 17.4 Å². The number of hydrogen-bond donors (Lipinski definition) is 0. The molecule has 0 fully saturated rings. The van der Waals surface area contributed by atoms with Crippen molar-refractivity contribution in [1.29, 1.82) is 5.26 Å². The number of aromatic nitrogens is 1. The van der Waals surface area contributed by atoms with Crippen LogP contribution in [0.2, 0.25) is 10.0 Å². The molecule has 0 saturated heterocycles. The molecule has 5 heteroatoms. The van der Waals surface area contributed by atoms with Crippen LogP contribution in [0.5, 0.6) is 11.6 Å². The fourth-order valence-electron chi connectivity index (χ4n) is 2.47. The van der Waals surface area contributed by atoms with Crippen LogP contribution in [0.3, 0.4) is 0 Å². The van der Waals surface area contributed by atoms with E-state index in [0.717, 1.165) is 36.9 Å². The Bertz CT molecular complexity index is 718. The monoisotopic (exact) mass is 318 g/mol. The molecule has 0 saturated carbocycles. The van der Waals surface area contributed by atoms with E-state index < -0.39 is 0 Å². The molecule has 1 aromatic carbocycles. The third-order valence-electron chi connectivity index (χ3n) is 3.44. The van der Waals surface area contributed by atoms with E-state index in [2.05, 4.69) is 11.1 Å². The Morgan fingerprint density at radius 2 is 1.76 bits per heavy atom. The molecule has 0 N–H and O–H groups in total. The Labute approximate surface area is 133 Å². The molecule has 106 valence electrons. The molecule has 3 rings (SSSR count). The van der Waals surface area contributed by atoms with Gasteiger partial charge in [0.05, 0.1) is 0 Å². The number of aryl methyl sites for hydroxylation is 2. The van der Waals surface area contributed by atoms with Crippen LogP contribution in [0.25, 0.3) is 0 Å². The summed E-state index contributed by atoms with van der Waals surface area (Å²) in [4.78, 5) is 4.51. The zero-order valence-corrected chi connectivity index (χ0v) is 12.7. The quantitative estimate of drug-likeness (QED) is 0.788. The summed E-state index contributed by atoms with van der Waals surface area (Å²) < 4.78 is 5.73. The number of nitrogens with zero attached hydrogens (tertiary/aromatic N) is 2. The van der Waals surface area contributed by atoms with Gasteiger partial charge in [-0.2, -0.15) is 5.26 Å². The van der Waals surface area contributed by atoms with Crippen LogP contribution in [0.15, 0.2) is 24.3 Å². The summed E-state index contributed by atoms with van der Waals surface area (Å²) in [5.41, 5.74) is 2.60. The molecule has 0 spiro atoms. The lowest BCUT2D eigenvalue weighted by Crippen LogP contribution is -2.07. The van der Waals surface area contributed by atoms with Crippen LogP contribution in [-0.2, 0) is 12.8 Å². The van der Waals surface area contributed by atoms with Crippen LogP contribution >= 0.6 is 23.2 Å². The lowest BCUT2D eigenvalue weighted by Gasteiger charge is -2.16. The maximum absolute atomic E-state index is 9.29. The van der Waals surface area contributed by atoms with Gasteiger partial charge in [0.2, 0.25) is 5.88 Å². The van der Waals surface area contributed by atoms with Crippen molar-refractivity contribution in [2.75, 3.05) is 0 Å². The number of nitriles is 1. The standard InChI is InChI=1S/C16H12Cl2N2O/c17-12-6-13(18)8-14(7-12)21-16-11(9-19)5-10-3-1-2-4-15(10)20-16/h5-8H,1-4H2. The smallest absolute Gasteiger partial charge is 0.237 e. The molecule has 0 bridgehead atoms. The fourth-order valence-corrected chi connectivity index (χ4v) is 2.98. The highest BCUT2D eigenvalue weighted by Crippen LogP contribution is 2.31. The molecular formula is C16H12Cl2N2O. The Morgan fingerprint density at radius 1 is 1.05 bits per heavy atom. The molecule has 1 heterocycles. The van der Waals surface area contributed by atoms with Gasteiger partial charge in [-0.05, 0) is 55.5 Å². The van der Waals surface area contributed by atoms with E-state index in [4.69, 9.17) is 27.9 Å². The summed E-state index contributed by atoms with van der Waals surface area (Å²) in [6.07, 6.45) is 4.16. The fraction of sp³-hybridized carbons (Fsp3) is 0.250. The molecule has 0 atom stereocenters. The molecule has 0 radical (unpaired) electrons. The molecule has 1 aliphatic carbocycles. The number of ether oxygens (including phenoxy) is 1. The van der Waals surface area contributed by atoms with Crippen molar-refractivity contribution in [2.24, 2.45) is 0 Å². The number of pyridine rings is 1. The lowest BCUT2D eigenvalue weighted by molar-refractivity contribution is 0.456. The average Bonchev–Trinajstić information content (AvgIpc) is 2.45. The van der Waals surface area contributed by atoms with Gasteiger partial charge < -0.3 is 4.74 Å². The molecule has 1 aromatic heterocycles. The van der Waals surface area contributed by atoms with Gasteiger partial charge in [-0.15, -0.1) is 0 Å². The minimum absolute atomic E-state index is 0.316. The lowest BCUT2D eigenvalue weighted by atomic mass is 9.95. The highest BCUT2D eigenvalue weighted by atomic mass is 35.5. The van der Waals surface area contributed by atoms with Crippen LogP contribution < -0.4 is 4.74 Å². The summed E-state index contributed by atoms with van der Waals surface area (Å²) in [7, 11) is 0. The van der Waals surface area contributed by atoms with Crippen molar-refractivity contribution in [3.8, 4) is 17.7 Å². The first-order chi connectivity index (χ1) is 10.2. The molecule has 1 aliphatic rings. The Balaban J connectivity index is 1.99. The average molecular weight is 319 g/mol. The Morgan fingerprint density at radius 3 is 2.48 bits per heavy atom. The number of fused-ring (bicyclic) bond motifs is 1. The van der Waals surface area contributed by atoms with E-state index in [9.17, 15) is 5.26 Å². The number of halogens is 2. The molecule has 2 aromatic rings. The minimum Gasteiger partial charge on any atom is -0.438 e. The van der Waals surface area contributed by atoms with Gasteiger partial charge in [0.15, 0.2) is 0 Å². The SMILES string of the molecule is N#Cc1cc2c(nc1Oc1cc(Cl)cc(Cl)c1)CCCC2. The van der Waals surface area contributed by atoms with Gasteiger partial charge in [0.25, 0.3) is 0 Å². The summed E-state index contributed by atoms with van der Waals surface area (Å²) in [5.74, 6) is 0.795. The van der Waals surface area contributed by atoms with Crippen molar-refractivity contribution >= 4 is 23.2 Å².